The Labute approximate surface area is 213 Å². The number of rotatable bonds is 10. The highest BCUT2D eigenvalue weighted by Gasteiger charge is 2.46. The van der Waals surface area contributed by atoms with Crippen LogP contribution < -0.4 is 10.2 Å². The van der Waals surface area contributed by atoms with Gasteiger partial charge >= 0.3 is 0 Å². The molecule has 0 radical (unpaired) electrons. The minimum Gasteiger partial charge on any atom is -0.414 e. The molecule has 1 aliphatic heterocycles. The molecule has 192 valence electrons. The quantitative estimate of drug-likeness (QED) is 0.310. The molecule has 0 aliphatic carbocycles. The van der Waals surface area contributed by atoms with Gasteiger partial charge in [-0.25, -0.2) is 9.97 Å². The minimum atomic E-state index is -1.96. The highest BCUT2D eigenvalue weighted by molar-refractivity contribution is 6.77. The highest BCUT2D eigenvalue weighted by Crippen LogP contribution is 2.43. The Bertz CT molecular complexity index is 943. The molecule has 7 heteroatoms. The van der Waals surface area contributed by atoms with Gasteiger partial charge in [0.2, 0.25) is 0 Å². The van der Waals surface area contributed by atoms with E-state index in [-0.39, 0.29) is 12.1 Å². The lowest BCUT2D eigenvalue weighted by atomic mass is 10.1. The largest absolute Gasteiger partial charge is 0.414 e. The molecule has 0 amide bonds. The predicted octanol–water partition coefficient (Wildman–Crippen LogP) is 6.26. The van der Waals surface area contributed by atoms with Crippen molar-refractivity contribution in [3.63, 3.8) is 0 Å². The molecule has 2 atom stereocenters. The van der Waals surface area contributed by atoms with Crippen molar-refractivity contribution in [2.45, 2.75) is 76.8 Å². The van der Waals surface area contributed by atoms with Gasteiger partial charge in [0, 0.05) is 26.2 Å². The lowest BCUT2D eigenvalue weighted by Gasteiger charge is -2.44. The maximum Gasteiger partial charge on any atom is 0.200 e. The van der Waals surface area contributed by atoms with E-state index in [1.165, 1.54) is 5.56 Å². The minimum absolute atomic E-state index is 0.0174. The first-order valence-corrected chi connectivity index (χ1v) is 15.1. The van der Waals surface area contributed by atoms with Crippen LogP contribution in [0.2, 0.25) is 16.6 Å². The van der Waals surface area contributed by atoms with Crippen LogP contribution in [-0.2, 0) is 11.0 Å². The summed E-state index contributed by atoms with van der Waals surface area (Å²) in [6.45, 7) is 20.5. The average molecular weight is 496 g/mol. The van der Waals surface area contributed by atoms with Gasteiger partial charge in [-0.2, -0.15) is 0 Å². The SMILES string of the molecule is C=CC1c2c(ncnc2N(C)Cc2ccccc2)NC[C@@H](CO[Si](C(C)C)(C(C)C)C(C)C)N1C. The number of nitrogens with zero attached hydrogens (tertiary/aromatic N) is 4. The molecule has 1 unspecified atom stereocenters. The summed E-state index contributed by atoms with van der Waals surface area (Å²) in [5.41, 5.74) is 4.00. The zero-order valence-electron chi connectivity index (χ0n) is 23.0. The van der Waals surface area contributed by atoms with E-state index in [2.05, 4.69) is 107 Å². The molecule has 1 N–H and O–H groups in total. The molecule has 3 rings (SSSR count). The molecule has 1 aromatic heterocycles. The number of hydrogen-bond acceptors (Lipinski definition) is 6. The molecule has 35 heavy (non-hydrogen) atoms. The predicted molar refractivity (Wildman–Crippen MR) is 151 cm³/mol. The summed E-state index contributed by atoms with van der Waals surface area (Å²) in [6.07, 6.45) is 3.67. The number of nitrogens with one attached hydrogen (secondary N) is 1. The molecule has 0 bridgehead atoms. The number of aromatic nitrogens is 2. The number of fused-ring (bicyclic) bond motifs is 1. The molecule has 0 saturated heterocycles. The summed E-state index contributed by atoms with van der Waals surface area (Å²) >= 11 is 0. The standard InChI is InChI=1S/C28H45N5OSi/c1-10-25-26-27(30-19-31-28(26)32(8)17-23-14-12-11-13-15-23)29-16-24(33(25)9)18-34-35(20(2)3,21(4)5)22(6)7/h10-15,19-22,24-25H,1,16-18H2,2-9H3,(H,29,30,31)/t24-,25?/m0/s1. The highest BCUT2D eigenvalue weighted by atomic mass is 28.4. The van der Waals surface area contributed by atoms with Crippen LogP contribution in [-0.4, -0.2) is 56.5 Å². The number of hydrogen-bond donors (Lipinski definition) is 1. The Morgan fingerprint density at radius 1 is 1.11 bits per heavy atom. The summed E-state index contributed by atoms with van der Waals surface area (Å²) in [7, 11) is 2.31. The average Bonchev–Trinajstić information content (AvgIpc) is 2.95. The van der Waals surface area contributed by atoms with Crippen molar-refractivity contribution in [2.24, 2.45) is 0 Å². The lowest BCUT2D eigenvalue weighted by molar-refractivity contribution is 0.137. The molecule has 1 aromatic carbocycles. The van der Waals surface area contributed by atoms with Crippen molar-refractivity contribution < 1.29 is 4.43 Å². The first-order chi connectivity index (χ1) is 16.6. The Morgan fingerprint density at radius 3 is 2.31 bits per heavy atom. The summed E-state index contributed by atoms with van der Waals surface area (Å²) in [6, 6.07) is 10.7. The van der Waals surface area contributed by atoms with Crippen LogP contribution in [0.4, 0.5) is 11.6 Å². The summed E-state index contributed by atoms with van der Waals surface area (Å²) in [4.78, 5) is 13.9. The molecule has 2 aromatic rings. The van der Waals surface area contributed by atoms with E-state index in [9.17, 15) is 0 Å². The fourth-order valence-corrected chi connectivity index (χ4v) is 11.5. The zero-order chi connectivity index (χ0) is 25.8. The number of anilines is 2. The van der Waals surface area contributed by atoms with E-state index in [0.717, 1.165) is 30.3 Å². The molecule has 1 aliphatic rings. The summed E-state index contributed by atoms with van der Waals surface area (Å²) in [5.74, 6) is 1.81. The van der Waals surface area contributed by atoms with E-state index in [1.807, 2.05) is 12.1 Å². The van der Waals surface area contributed by atoms with E-state index < -0.39 is 8.32 Å². The Hall–Kier alpha value is -2.22. The second kappa shape index (κ2) is 11.7. The van der Waals surface area contributed by atoms with Gasteiger partial charge in [-0.1, -0.05) is 78.0 Å². The van der Waals surface area contributed by atoms with Crippen molar-refractivity contribution in [3.8, 4) is 0 Å². The van der Waals surface area contributed by atoms with Gasteiger partial charge in [0.1, 0.15) is 18.0 Å². The maximum absolute atomic E-state index is 7.00. The molecule has 0 saturated carbocycles. The van der Waals surface area contributed by atoms with Crippen LogP contribution in [0.5, 0.6) is 0 Å². The van der Waals surface area contributed by atoms with E-state index >= 15 is 0 Å². The molecule has 0 fully saturated rings. The normalized spacial score (nSPS) is 18.9. The second-order valence-corrected chi connectivity index (χ2v) is 16.3. The maximum atomic E-state index is 7.00. The van der Waals surface area contributed by atoms with Crippen molar-refractivity contribution in [2.75, 3.05) is 37.5 Å². The van der Waals surface area contributed by atoms with Gasteiger partial charge in [-0.15, -0.1) is 6.58 Å². The van der Waals surface area contributed by atoms with Gasteiger partial charge in [0.25, 0.3) is 0 Å². The van der Waals surface area contributed by atoms with Crippen LogP contribution in [0.25, 0.3) is 0 Å². The first kappa shape index (κ1) is 27.4. The monoisotopic (exact) mass is 495 g/mol. The summed E-state index contributed by atoms with van der Waals surface area (Å²) in [5, 5.41) is 3.62. The lowest BCUT2D eigenvalue weighted by Crippen LogP contribution is -2.51. The smallest absolute Gasteiger partial charge is 0.200 e. The van der Waals surface area contributed by atoms with Crippen LogP contribution in [0.15, 0.2) is 49.3 Å². The van der Waals surface area contributed by atoms with E-state index in [0.29, 0.717) is 23.2 Å². The van der Waals surface area contributed by atoms with Gasteiger partial charge in [-0.3, -0.25) is 4.90 Å². The Kier molecular flexibility index (Phi) is 9.13. The van der Waals surface area contributed by atoms with Crippen LogP contribution in [0.3, 0.4) is 0 Å². The van der Waals surface area contributed by atoms with Gasteiger partial charge < -0.3 is 14.6 Å². The summed E-state index contributed by atoms with van der Waals surface area (Å²) < 4.78 is 7.00. The van der Waals surface area contributed by atoms with Crippen LogP contribution in [0, 0.1) is 0 Å². The van der Waals surface area contributed by atoms with Gasteiger partial charge in [0.15, 0.2) is 8.32 Å². The van der Waals surface area contributed by atoms with Crippen molar-refractivity contribution in [1.29, 1.82) is 0 Å². The number of likely N-dealkylation sites (N-methyl/N-ethyl adjacent to an activating group) is 1. The Morgan fingerprint density at radius 2 is 1.74 bits per heavy atom. The molecule has 0 spiro atoms. The third-order valence-corrected chi connectivity index (χ3v) is 13.8. The van der Waals surface area contributed by atoms with Gasteiger partial charge in [0.05, 0.1) is 18.2 Å². The van der Waals surface area contributed by atoms with Crippen molar-refractivity contribution >= 4 is 20.0 Å². The van der Waals surface area contributed by atoms with Crippen molar-refractivity contribution in [1.82, 2.24) is 14.9 Å². The molecule has 2 heterocycles. The van der Waals surface area contributed by atoms with E-state index in [1.54, 1.807) is 6.33 Å². The molecule has 6 nitrogen and oxygen atoms in total. The van der Waals surface area contributed by atoms with Crippen molar-refractivity contribution in [3.05, 3.63) is 60.4 Å². The molecular formula is C28H45N5OSi. The fraction of sp³-hybridized carbons (Fsp3) is 0.571. The molecular weight excluding hydrogens is 450 g/mol. The second-order valence-electron chi connectivity index (χ2n) is 10.8. The first-order valence-electron chi connectivity index (χ1n) is 13.0. The van der Waals surface area contributed by atoms with Crippen LogP contribution >= 0.6 is 0 Å². The topological polar surface area (TPSA) is 53.5 Å². The Balaban J connectivity index is 1.88. The van der Waals surface area contributed by atoms with Gasteiger partial charge in [-0.05, 0) is 29.2 Å². The van der Waals surface area contributed by atoms with Crippen LogP contribution in [0.1, 0.15) is 58.7 Å². The third kappa shape index (κ3) is 5.62. The fourth-order valence-electron chi connectivity index (χ4n) is 6.03. The van der Waals surface area contributed by atoms with E-state index in [4.69, 9.17) is 9.41 Å². The number of benzene rings is 1. The zero-order valence-corrected chi connectivity index (χ0v) is 24.0. The third-order valence-electron chi connectivity index (χ3n) is 7.76.